The number of rotatable bonds is 13. The molecule has 2 aliphatic rings. The summed E-state index contributed by atoms with van der Waals surface area (Å²) in [6.45, 7) is 9.76. The molecule has 2 fully saturated rings. The van der Waals surface area contributed by atoms with Gasteiger partial charge in [-0.1, -0.05) is 113 Å². The molecule has 0 aromatic heterocycles. The maximum atomic E-state index is 13.3. The lowest BCUT2D eigenvalue weighted by Gasteiger charge is -2.54. The van der Waals surface area contributed by atoms with Gasteiger partial charge in [-0.05, 0) is 30.0 Å². The monoisotopic (exact) mass is 576 g/mol. The van der Waals surface area contributed by atoms with Crippen LogP contribution < -0.4 is 5.32 Å². The van der Waals surface area contributed by atoms with Gasteiger partial charge in [0.1, 0.15) is 6.61 Å². The molecule has 2 aliphatic heterocycles. The lowest BCUT2D eigenvalue weighted by atomic mass is 9.81. The summed E-state index contributed by atoms with van der Waals surface area (Å²) in [6.07, 6.45) is 9.79. The van der Waals surface area contributed by atoms with Crippen LogP contribution in [0, 0.1) is 5.41 Å². The van der Waals surface area contributed by atoms with Crippen LogP contribution in [0.25, 0.3) is 0 Å². The van der Waals surface area contributed by atoms with Crippen molar-refractivity contribution in [1.82, 2.24) is 10.2 Å². The molecule has 42 heavy (non-hydrogen) atoms. The Morgan fingerprint density at radius 2 is 1.45 bits per heavy atom. The maximum Gasteiger partial charge on any atom is 0.407 e. The number of nitrogens with one attached hydrogen (secondary N) is 1. The number of carbonyl (C=O) groups is 2. The largest absolute Gasteiger partial charge is 0.449 e. The normalized spacial score (nSPS) is 25.6. The average molecular weight is 577 g/mol. The lowest BCUT2D eigenvalue weighted by Crippen LogP contribution is -2.58. The Bertz CT molecular complexity index is 1080. The van der Waals surface area contributed by atoms with Gasteiger partial charge in [0.25, 0.3) is 0 Å². The smallest absolute Gasteiger partial charge is 0.407 e. The van der Waals surface area contributed by atoms with E-state index in [0.717, 1.165) is 30.4 Å². The summed E-state index contributed by atoms with van der Waals surface area (Å²) in [7, 11) is 0. The van der Waals surface area contributed by atoms with Crippen LogP contribution in [-0.2, 0) is 19.0 Å². The number of amides is 2. The summed E-state index contributed by atoms with van der Waals surface area (Å²) < 4.78 is 19.0. The van der Waals surface area contributed by atoms with Crippen LogP contribution in [0.4, 0.5) is 4.79 Å². The van der Waals surface area contributed by atoms with E-state index in [0.29, 0.717) is 32.6 Å². The van der Waals surface area contributed by atoms with Crippen molar-refractivity contribution < 1.29 is 23.8 Å². The van der Waals surface area contributed by atoms with Gasteiger partial charge in [0.15, 0.2) is 5.79 Å². The number of hydrogen-bond donors (Lipinski definition) is 1. The van der Waals surface area contributed by atoms with E-state index in [4.69, 9.17) is 14.2 Å². The van der Waals surface area contributed by atoms with Crippen LogP contribution in [-0.4, -0.2) is 49.1 Å². The zero-order valence-electron chi connectivity index (χ0n) is 25.4. The molecule has 2 atom stereocenters. The fourth-order valence-electron chi connectivity index (χ4n) is 6.05. The molecule has 1 N–H and O–H groups in total. The Balaban J connectivity index is 1.43. The van der Waals surface area contributed by atoms with Crippen molar-refractivity contribution >= 4 is 12.0 Å². The highest BCUT2D eigenvalue weighted by Crippen LogP contribution is 2.51. The summed E-state index contributed by atoms with van der Waals surface area (Å²) >= 11 is 0. The second kappa shape index (κ2) is 15.4. The second-order valence-corrected chi connectivity index (χ2v) is 11.8. The molecule has 2 amide bonds. The molecule has 0 radical (unpaired) electrons. The van der Waals surface area contributed by atoms with E-state index in [9.17, 15) is 9.59 Å². The summed E-state index contributed by atoms with van der Waals surface area (Å²) in [6, 6.07) is 19.6. The van der Waals surface area contributed by atoms with Gasteiger partial charge >= 0.3 is 6.09 Å². The summed E-state index contributed by atoms with van der Waals surface area (Å²) in [5.41, 5.74) is 1.62. The first-order valence-corrected chi connectivity index (χ1v) is 15.7. The van der Waals surface area contributed by atoms with Crippen molar-refractivity contribution in [2.45, 2.75) is 89.5 Å². The Hall–Kier alpha value is -3.16. The third-order valence-electron chi connectivity index (χ3n) is 8.82. The van der Waals surface area contributed by atoms with E-state index < -0.39 is 11.2 Å². The van der Waals surface area contributed by atoms with Crippen molar-refractivity contribution in [2.24, 2.45) is 5.41 Å². The minimum atomic E-state index is -0.877. The number of likely N-dealkylation sites (tertiary alicyclic amines) is 1. The Kier molecular flexibility index (Phi) is 11.6. The first-order chi connectivity index (χ1) is 20.4. The van der Waals surface area contributed by atoms with Gasteiger partial charge in [-0.25, -0.2) is 4.79 Å². The van der Waals surface area contributed by atoms with Crippen LogP contribution in [0.2, 0.25) is 0 Å². The zero-order valence-corrected chi connectivity index (χ0v) is 25.4. The molecule has 228 valence electrons. The van der Waals surface area contributed by atoms with Crippen molar-refractivity contribution in [2.75, 3.05) is 26.4 Å². The van der Waals surface area contributed by atoms with Crippen LogP contribution >= 0.6 is 0 Å². The molecule has 2 saturated heterocycles. The third-order valence-corrected chi connectivity index (χ3v) is 8.82. The number of alkyl carbamates (subject to hydrolysis) is 1. The highest BCUT2D eigenvalue weighted by atomic mass is 16.7. The Labute approximate surface area is 251 Å². The predicted molar refractivity (Wildman–Crippen MR) is 165 cm³/mol. The molecule has 0 aliphatic carbocycles. The standard InChI is InChI=1S/C35H48N2O5/c1-4-7-8-9-10-17-22-36-33(39)40-25-34(6-3)26-41-35(42-27-34)23-30(28-18-13-11-14-19-28)37(32(38)5-2)31(24-35)29-20-15-12-16-21-29/h5,11-16,18-21,30-31H,2,4,6-10,17,22-27H2,1,3H3,(H,36,39). The van der Waals surface area contributed by atoms with Gasteiger partial charge in [0, 0.05) is 19.4 Å². The molecule has 4 rings (SSSR count). The van der Waals surface area contributed by atoms with Gasteiger partial charge < -0.3 is 24.4 Å². The van der Waals surface area contributed by atoms with Gasteiger partial charge in [-0.15, -0.1) is 0 Å². The third kappa shape index (κ3) is 8.01. The zero-order chi connectivity index (χ0) is 29.8. The van der Waals surface area contributed by atoms with E-state index in [1.165, 1.54) is 31.8 Å². The van der Waals surface area contributed by atoms with Crippen LogP contribution in [0.5, 0.6) is 0 Å². The minimum Gasteiger partial charge on any atom is -0.449 e. The molecule has 2 heterocycles. The number of piperidine rings is 1. The molecular weight excluding hydrogens is 528 g/mol. The van der Waals surface area contributed by atoms with Crippen LogP contribution in [0.3, 0.4) is 0 Å². The Morgan fingerprint density at radius 1 is 0.905 bits per heavy atom. The number of benzene rings is 2. The SMILES string of the molecule is C=CC(=O)N1C(c2ccccc2)CC2(CC1c1ccccc1)OCC(CC)(COC(=O)NCCCCCCCC)CO2. The van der Waals surface area contributed by atoms with E-state index in [2.05, 4.69) is 25.7 Å². The van der Waals surface area contributed by atoms with E-state index in [1.54, 1.807) is 0 Å². The number of unbranched alkanes of at least 4 members (excludes halogenated alkanes) is 5. The number of nitrogens with zero attached hydrogens (tertiary/aromatic N) is 1. The van der Waals surface area contributed by atoms with Gasteiger partial charge in [-0.2, -0.15) is 0 Å². The quantitative estimate of drug-likeness (QED) is 0.197. The van der Waals surface area contributed by atoms with Crippen molar-refractivity contribution in [1.29, 1.82) is 0 Å². The van der Waals surface area contributed by atoms with Gasteiger partial charge in [-0.3, -0.25) is 4.79 Å². The van der Waals surface area contributed by atoms with Crippen LogP contribution in [0.1, 0.15) is 94.8 Å². The molecule has 2 aromatic rings. The first-order valence-electron chi connectivity index (χ1n) is 15.7. The van der Waals surface area contributed by atoms with E-state index >= 15 is 0 Å². The van der Waals surface area contributed by atoms with E-state index in [-0.39, 0.29) is 30.7 Å². The fraction of sp³-hybridized carbons (Fsp3) is 0.543. The van der Waals surface area contributed by atoms with Gasteiger partial charge in [0.2, 0.25) is 5.91 Å². The average Bonchev–Trinajstić information content (AvgIpc) is 3.04. The maximum absolute atomic E-state index is 13.3. The van der Waals surface area contributed by atoms with Crippen molar-refractivity contribution in [3.8, 4) is 0 Å². The second-order valence-electron chi connectivity index (χ2n) is 11.8. The number of carbonyl (C=O) groups excluding carboxylic acids is 2. The van der Waals surface area contributed by atoms with Crippen LogP contribution in [0.15, 0.2) is 73.3 Å². The molecule has 7 nitrogen and oxygen atoms in total. The highest BCUT2D eigenvalue weighted by molar-refractivity contribution is 5.88. The summed E-state index contributed by atoms with van der Waals surface area (Å²) in [5, 5.41) is 2.89. The van der Waals surface area contributed by atoms with E-state index in [1.807, 2.05) is 65.6 Å². The molecule has 2 unspecified atom stereocenters. The molecule has 0 saturated carbocycles. The molecular formula is C35H48N2O5. The number of ether oxygens (including phenoxy) is 3. The van der Waals surface area contributed by atoms with Gasteiger partial charge in [0.05, 0.1) is 30.7 Å². The Morgan fingerprint density at radius 3 is 1.98 bits per heavy atom. The van der Waals surface area contributed by atoms with Crippen molar-refractivity contribution in [3.63, 3.8) is 0 Å². The minimum absolute atomic E-state index is 0.119. The molecule has 7 heteroatoms. The number of hydrogen-bond acceptors (Lipinski definition) is 5. The van der Waals surface area contributed by atoms with Crippen molar-refractivity contribution in [3.05, 3.63) is 84.4 Å². The lowest BCUT2D eigenvalue weighted by molar-refractivity contribution is -0.331. The summed E-state index contributed by atoms with van der Waals surface area (Å²) in [4.78, 5) is 27.7. The molecule has 1 spiro atoms. The predicted octanol–water partition coefficient (Wildman–Crippen LogP) is 7.50. The fourth-order valence-corrected chi connectivity index (χ4v) is 6.05. The highest BCUT2D eigenvalue weighted by Gasteiger charge is 2.53. The molecule has 0 bridgehead atoms. The summed E-state index contributed by atoms with van der Waals surface area (Å²) in [5.74, 6) is -0.996. The first kappa shape index (κ1) is 31.8. The molecule has 2 aromatic carbocycles. The topological polar surface area (TPSA) is 77.1 Å².